The van der Waals surface area contributed by atoms with Gasteiger partial charge in [0.25, 0.3) is 0 Å². The Bertz CT molecular complexity index is 1310. The average Bonchev–Trinajstić information content (AvgIpc) is 3.16. The van der Waals surface area contributed by atoms with Gasteiger partial charge in [0.1, 0.15) is 10.6 Å². The third kappa shape index (κ3) is 3.99. The average molecular weight is 557 g/mol. The first-order valence-electron chi connectivity index (χ1n) is 10.9. The number of aryl methyl sites for hydroxylation is 1. The standard InChI is InChI=1S/C23H19F8NO4S/c24-15-3-5-16(6-4-15)37(35,36)20-9-10-32(12-19(33)34)18(20)8-1-13-11-14(2-7-17(13)20)21(25,22(26,27)28)23(29,30)31/h2-7,11,18H,1,8-10,12H2,(H,33,34)/t18-,20-/m1/s1. The van der Waals surface area contributed by atoms with Crippen LogP contribution in [0.1, 0.15) is 29.5 Å². The molecule has 0 bridgehead atoms. The number of rotatable bonds is 5. The molecule has 1 heterocycles. The molecule has 1 N–H and O–H groups in total. The minimum Gasteiger partial charge on any atom is -0.480 e. The van der Waals surface area contributed by atoms with E-state index in [-0.39, 0.29) is 47.9 Å². The highest BCUT2D eigenvalue weighted by atomic mass is 32.2. The largest absolute Gasteiger partial charge is 0.480 e. The quantitative estimate of drug-likeness (QED) is 0.419. The number of benzene rings is 2. The summed E-state index contributed by atoms with van der Waals surface area (Å²) in [5.74, 6) is -2.02. The first-order chi connectivity index (χ1) is 17.0. The van der Waals surface area contributed by atoms with E-state index in [1.165, 1.54) is 4.90 Å². The molecule has 2 aromatic carbocycles. The van der Waals surface area contributed by atoms with E-state index in [0.29, 0.717) is 6.07 Å². The van der Waals surface area contributed by atoms with Gasteiger partial charge in [-0.1, -0.05) is 18.2 Å². The molecule has 0 saturated carbocycles. The number of likely N-dealkylation sites (tertiary alicyclic amines) is 1. The second-order valence-corrected chi connectivity index (χ2v) is 11.2. The molecule has 2 aliphatic rings. The molecule has 0 radical (unpaired) electrons. The summed E-state index contributed by atoms with van der Waals surface area (Å²) in [7, 11) is -4.50. The normalized spacial score (nSPS) is 23.0. The van der Waals surface area contributed by atoms with Crippen molar-refractivity contribution in [1.29, 1.82) is 0 Å². The molecule has 2 atom stereocenters. The number of carboxylic acid groups (broad SMARTS) is 1. The van der Waals surface area contributed by atoms with Crippen LogP contribution in [0.25, 0.3) is 0 Å². The Morgan fingerprint density at radius 1 is 1.00 bits per heavy atom. The molecule has 0 spiro atoms. The fraction of sp³-hybridized carbons (Fsp3) is 0.435. The van der Waals surface area contributed by atoms with Crippen LogP contribution in [0.2, 0.25) is 0 Å². The van der Waals surface area contributed by atoms with Crippen LogP contribution in [-0.4, -0.2) is 55.9 Å². The Balaban J connectivity index is 1.95. The Hall–Kier alpha value is -2.74. The summed E-state index contributed by atoms with van der Waals surface area (Å²) in [5.41, 5.74) is -7.80. The number of hydrogen-bond acceptors (Lipinski definition) is 4. The number of sulfone groups is 1. The molecule has 1 fully saturated rings. The van der Waals surface area contributed by atoms with Gasteiger partial charge in [0.05, 0.1) is 11.4 Å². The van der Waals surface area contributed by atoms with Crippen LogP contribution in [0.5, 0.6) is 0 Å². The number of fused-ring (bicyclic) bond motifs is 3. The zero-order chi connectivity index (χ0) is 27.6. The maximum atomic E-state index is 14.7. The maximum Gasteiger partial charge on any atom is 0.435 e. The summed E-state index contributed by atoms with van der Waals surface area (Å²) >= 11 is 0. The van der Waals surface area contributed by atoms with Crippen LogP contribution in [0.15, 0.2) is 47.4 Å². The molecule has 202 valence electrons. The monoisotopic (exact) mass is 557 g/mol. The smallest absolute Gasteiger partial charge is 0.435 e. The number of alkyl halides is 7. The van der Waals surface area contributed by atoms with Gasteiger partial charge in [0, 0.05) is 18.2 Å². The molecule has 14 heteroatoms. The Morgan fingerprint density at radius 2 is 1.59 bits per heavy atom. The summed E-state index contributed by atoms with van der Waals surface area (Å²) in [5, 5.41) is 9.28. The van der Waals surface area contributed by atoms with E-state index in [2.05, 4.69) is 0 Å². The van der Waals surface area contributed by atoms with Crippen molar-refractivity contribution in [3.05, 3.63) is 65.0 Å². The first-order valence-corrected chi connectivity index (χ1v) is 12.4. The summed E-state index contributed by atoms with van der Waals surface area (Å²) in [4.78, 5) is 12.4. The van der Waals surface area contributed by atoms with Crippen LogP contribution in [0.4, 0.5) is 35.1 Å². The number of halogens is 8. The van der Waals surface area contributed by atoms with Gasteiger partial charge < -0.3 is 5.11 Å². The molecule has 1 aliphatic carbocycles. The van der Waals surface area contributed by atoms with Crippen molar-refractivity contribution in [2.75, 3.05) is 13.1 Å². The van der Waals surface area contributed by atoms with Crippen LogP contribution in [-0.2, 0) is 31.5 Å². The minimum atomic E-state index is -6.35. The van der Waals surface area contributed by atoms with Crippen LogP contribution in [0.3, 0.4) is 0 Å². The lowest BCUT2D eigenvalue weighted by Gasteiger charge is -2.43. The van der Waals surface area contributed by atoms with Gasteiger partial charge in [-0.15, -0.1) is 0 Å². The van der Waals surface area contributed by atoms with E-state index in [1.807, 2.05) is 0 Å². The van der Waals surface area contributed by atoms with Crippen molar-refractivity contribution in [1.82, 2.24) is 4.90 Å². The molecule has 37 heavy (non-hydrogen) atoms. The summed E-state index contributed by atoms with van der Waals surface area (Å²) in [6, 6.07) is 4.08. The van der Waals surface area contributed by atoms with Crippen molar-refractivity contribution in [2.24, 2.45) is 0 Å². The first kappa shape index (κ1) is 27.3. The Morgan fingerprint density at radius 3 is 2.14 bits per heavy atom. The lowest BCUT2D eigenvalue weighted by Crippen LogP contribution is -2.52. The fourth-order valence-corrected chi connectivity index (χ4v) is 7.90. The predicted octanol–water partition coefficient (Wildman–Crippen LogP) is 4.89. The molecule has 0 unspecified atom stereocenters. The lowest BCUT2D eigenvalue weighted by atomic mass is 9.77. The number of carbonyl (C=O) groups is 1. The van der Waals surface area contributed by atoms with Crippen molar-refractivity contribution < 1.29 is 53.4 Å². The second kappa shape index (κ2) is 8.65. The third-order valence-electron chi connectivity index (χ3n) is 7.12. The lowest BCUT2D eigenvalue weighted by molar-refractivity contribution is -0.348. The van der Waals surface area contributed by atoms with E-state index < -0.39 is 62.5 Å². The molecule has 5 nitrogen and oxygen atoms in total. The van der Waals surface area contributed by atoms with Crippen LogP contribution < -0.4 is 0 Å². The molecule has 4 rings (SSSR count). The molecular formula is C23H19F8NO4S. The number of nitrogens with zero attached hydrogens (tertiary/aromatic N) is 1. The fourth-order valence-electron chi connectivity index (χ4n) is 5.51. The summed E-state index contributed by atoms with van der Waals surface area (Å²) < 4.78 is 134. The molecule has 1 aliphatic heterocycles. The predicted molar refractivity (Wildman–Crippen MR) is 113 cm³/mol. The van der Waals surface area contributed by atoms with Gasteiger partial charge in [0.2, 0.25) is 0 Å². The van der Waals surface area contributed by atoms with Crippen molar-refractivity contribution in [2.45, 2.75) is 53.0 Å². The number of hydrogen-bond donors (Lipinski definition) is 1. The van der Waals surface area contributed by atoms with Crippen LogP contribution >= 0.6 is 0 Å². The zero-order valence-electron chi connectivity index (χ0n) is 18.7. The van der Waals surface area contributed by atoms with Gasteiger partial charge in [0.15, 0.2) is 9.84 Å². The summed E-state index contributed by atoms with van der Waals surface area (Å²) in [6.45, 7) is -0.620. The highest BCUT2D eigenvalue weighted by Crippen LogP contribution is 2.56. The van der Waals surface area contributed by atoms with Gasteiger partial charge in [-0.05, 0) is 54.7 Å². The molecule has 1 saturated heterocycles. The van der Waals surface area contributed by atoms with Crippen molar-refractivity contribution in [3.8, 4) is 0 Å². The maximum absolute atomic E-state index is 14.7. The number of carboxylic acids is 1. The van der Waals surface area contributed by atoms with Gasteiger partial charge in [-0.2, -0.15) is 26.3 Å². The zero-order valence-corrected chi connectivity index (χ0v) is 19.5. The van der Waals surface area contributed by atoms with E-state index >= 15 is 0 Å². The molecule has 0 amide bonds. The third-order valence-corrected chi connectivity index (χ3v) is 9.67. The highest BCUT2D eigenvalue weighted by Gasteiger charge is 2.73. The molecule has 0 aromatic heterocycles. The van der Waals surface area contributed by atoms with E-state index in [1.54, 1.807) is 0 Å². The van der Waals surface area contributed by atoms with Gasteiger partial charge >= 0.3 is 24.0 Å². The highest BCUT2D eigenvalue weighted by molar-refractivity contribution is 7.92. The van der Waals surface area contributed by atoms with E-state index in [9.17, 15) is 53.4 Å². The second-order valence-electron chi connectivity index (χ2n) is 9.04. The van der Waals surface area contributed by atoms with Crippen LogP contribution in [0, 0.1) is 5.82 Å². The Kier molecular flexibility index (Phi) is 6.38. The van der Waals surface area contributed by atoms with Gasteiger partial charge in [-0.3, -0.25) is 9.69 Å². The summed E-state index contributed by atoms with van der Waals surface area (Å²) in [6.07, 6.45) is -13.3. The van der Waals surface area contributed by atoms with E-state index in [4.69, 9.17) is 0 Å². The SMILES string of the molecule is O=C(O)CN1CC[C@@]2(S(=O)(=O)c3ccc(F)cc3)c3ccc(C(F)(C(F)(F)F)C(F)(F)F)cc3CC[C@@H]12. The molecule has 2 aromatic rings. The Labute approximate surface area is 205 Å². The van der Waals surface area contributed by atoms with Gasteiger partial charge in [-0.25, -0.2) is 17.2 Å². The number of aliphatic carboxylic acids is 1. The molecular weight excluding hydrogens is 538 g/mol. The van der Waals surface area contributed by atoms with E-state index in [0.717, 1.165) is 30.3 Å². The van der Waals surface area contributed by atoms with Crippen molar-refractivity contribution >= 4 is 15.8 Å². The minimum absolute atomic E-state index is 0.0588. The topological polar surface area (TPSA) is 74.7 Å². The van der Waals surface area contributed by atoms with Crippen molar-refractivity contribution in [3.63, 3.8) is 0 Å².